The quantitative estimate of drug-likeness (QED) is 0.500. The Morgan fingerprint density at radius 2 is 2.21 bits per heavy atom. The molecule has 1 aliphatic rings. The maximum atomic E-state index is 11.3. The molecule has 1 heterocycles. The summed E-state index contributed by atoms with van der Waals surface area (Å²) in [6.45, 7) is 10.1. The van der Waals surface area contributed by atoms with Crippen molar-refractivity contribution in [2.45, 2.75) is 39.7 Å². The molecule has 1 aliphatic heterocycles. The Morgan fingerprint density at radius 1 is 1.64 bits per heavy atom. The number of likely N-dealkylation sites (tertiary alicyclic amines) is 1. The Hall–Kier alpha value is -1.12. The van der Waals surface area contributed by atoms with Crippen LogP contribution in [0.15, 0.2) is 12.2 Å². The van der Waals surface area contributed by atoms with Crippen molar-refractivity contribution in [1.29, 1.82) is 0 Å². The normalized spacial score (nSPS) is 20.1. The van der Waals surface area contributed by atoms with Crippen molar-refractivity contribution < 1.29 is 9.59 Å². The highest BCUT2D eigenvalue weighted by molar-refractivity contribution is 5.80. The second-order valence-corrected chi connectivity index (χ2v) is 3.03. The van der Waals surface area contributed by atoms with Gasteiger partial charge in [0.2, 0.25) is 5.91 Å². The fraction of sp³-hybridized carbons (Fsp3) is 0.636. The zero-order valence-electron chi connectivity index (χ0n) is 9.25. The van der Waals surface area contributed by atoms with E-state index in [4.69, 9.17) is 0 Å². The third-order valence-electron chi connectivity index (χ3n) is 2.07. The average Bonchev–Trinajstić information content (AvgIpc) is 2.61. The third-order valence-corrected chi connectivity index (χ3v) is 2.07. The lowest BCUT2D eigenvalue weighted by molar-refractivity contribution is -0.134. The highest BCUT2D eigenvalue weighted by atomic mass is 16.2. The van der Waals surface area contributed by atoms with Gasteiger partial charge < -0.3 is 9.69 Å². The molecule has 0 aliphatic carbocycles. The van der Waals surface area contributed by atoms with Gasteiger partial charge in [-0.15, -0.1) is 0 Å². The molecule has 0 saturated carbocycles. The van der Waals surface area contributed by atoms with Crippen LogP contribution in [-0.2, 0) is 9.59 Å². The summed E-state index contributed by atoms with van der Waals surface area (Å²) in [4.78, 5) is 23.4. The van der Waals surface area contributed by atoms with Crippen LogP contribution in [0.2, 0.25) is 0 Å². The van der Waals surface area contributed by atoms with E-state index in [-0.39, 0.29) is 11.9 Å². The summed E-state index contributed by atoms with van der Waals surface area (Å²) >= 11 is 0. The van der Waals surface area contributed by atoms with Crippen molar-refractivity contribution in [2.24, 2.45) is 0 Å². The molecule has 1 saturated heterocycles. The molecule has 1 amide bonds. The van der Waals surface area contributed by atoms with Crippen LogP contribution in [0.25, 0.3) is 0 Å². The summed E-state index contributed by atoms with van der Waals surface area (Å²) in [5, 5.41) is 0. The number of carbonyl (C=O) groups excluding carboxylic acids is 2. The van der Waals surface area contributed by atoms with Crippen molar-refractivity contribution in [2.75, 3.05) is 6.54 Å². The van der Waals surface area contributed by atoms with Crippen LogP contribution >= 0.6 is 0 Å². The van der Waals surface area contributed by atoms with Crippen LogP contribution in [0.3, 0.4) is 0 Å². The first kappa shape index (κ1) is 12.9. The predicted molar refractivity (Wildman–Crippen MR) is 57.0 cm³/mol. The lowest BCUT2D eigenvalue weighted by atomic mass is 10.2. The molecule has 3 heteroatoms. The maximum Gasteiger partial charge on any atom is 0.223 e. The number of hydrogen-bond acceptors (Lipinski definition) is 2. The molecule has 3 nitrogen and oxygen atoms in total. The van der Waals surface area contributed by atoms with Crippen LogP contribution in [0.5, 0.6) is 0 Å². The second-order valence-electron chi connectivity index (χ2n) is 3.03. The minimum atomic E-state index is -0.259. The third kappa shape index (κ3) is 2.98. The van der Waals surface area contributed by atoms with Crippen LogP contribution in [0, 0.1) is 0 Å². The molecule has 0 radical (unpaired) electrons. The molecule has 80 valence electrons. The maximum absolute atomic E-state index is 11.3. The number of amides is 1. The van der Waals surface area contributed by atoms with Crippen molar-refractivity contribution in [3.8, 4) is 0 Å². The molecule has 1 atom stereocenters. The average molecular weight is 197 g/mol. The van der Waals surface area contributed by atoms with E-state index in [0.717, 1.165) is 11.9 Å². The summed E-state index contributed by atoms with van der Waals surface area (Å²) in [5.41, 5.74) is 0.967. The zero-order valence-corrected chi connectivity index (χ0v) is 9.25. The molecular formula is C11H19NO2. The highest BCUT2D eigenvalue weighted by Gasteiger charge is 2.29. The van der Waals surface area contributed by atoms with Crippen LogP contribution in [-0.4, -0.2) is 29.7 Å². The van der Waals surface area contributed by atoms with Crippen molar-refractivity contribution >= 4 is 12.2 Å². The van der Waals surface area contributed by atoms with Crippen LogP contribution in [0.1, 0.15) is 33.6 Å². The van der Waals surface area contributed by atoms with Crippen molar-refractivity contribution in [1.82, 2.24) is 4.90 Å². The smallest absolute Gasteiger partial charge is 0.223 e. The first-order valence-electron chi connectivity index (χ1n) is 5.10. The van der Waals surface area contributed by atoms with Gasteiger partial charge in [0, 0.05) is 13.0 Å². The molecule has 0 aromatic rings. The largest absolute Gasteiger partial charge is 0.329 e. The Balaban J connectivity index is 0.000000791. The number of carbonyl (C=O) groups is 2. The van der Waals surface area contributed by atoms with Gasteiger partial charge in [-0.1, -0.05) is 32.9 Å². The van der Waals surface area contributed by atoms with E-state index in [2.05, 4.69) is 6.58 Å². The predicted octanol–water partition coefficient (Wildman–Crippen LogP) is 1.78. The van der Waals surface area contributed by atoms with E-state index in [9.17, 15) is 9.59 Å². The van der Waals surface area contributed by atoms with Gasteiger partial charge in [0.25, 0.3) is 0 Å². The minimum Gasteiger partial charge on any atom is -0.329 e. The summed E-state index contributed by atoms with van der Waals surface area (Å²) in [6.07, 6.45) is 1.92. The van der Waals surface area contributed by atoms with Gasteiger partial charge in [-0.3, -0.25) is 4.79 Å². The van der Waals surface area contributed by atoms with Crippen LogP contribution < -0.4 is 0 Å². The monoisotopic (exact) mass is 197 g/mol. The Labute approximate surface area is 85.8 Å². The molecule has 0 unspecified atom stereocenters. The molecular weight excluding hydrogens is 178 g/mol. The Bertz CT molecular complexity index is 223. The zero-order chi connectivity index (χ0) is 11.1. The topological polar surface area (TPSA) is 37.4 Å². The molecule has 14 heavy (non-hydrogen) atoms. The van der Waals surface area contributed by atoms with E-state index in [1.165, 1.54) is 0 Å². The number of hydrogen-bond donors (Lipinski definition) is 0. The molecule has 1 rings (SSSR count). The summed E-state index contributed by atoms with van der Waals surface area (Å²) in [6, 6.07) is -0.259. The van der Waals surface area contributed by atoms with Crippen LogP contribution in [0.4, 0.5) is 0 Å². The van der Waals surface area contributed by atoms with E-state index in [1.54, 1.807) is 11.8 Å². The molecule has 0 spiro atoms. The summed E-state index contributed by atoms with van der Waals surface area (Å²) < 4.78 is 0. The molecule has 0 N–H and O–H groups in total. The van der Waals surface area contributed by atoms with Crippen molar-refractivity contribution in [3.05, 3.63) is 12.2 Å². The van der Waals surface area contributed by atoms with Gasteiger partial charge in [0.05, 0.1) is 6.04 Å². The number of aldehydes is 1. The fourth-order valence-electron chi connectivity index (χ4n) is 1.43. The number of nitrogens with zero attached hydrogens (tertiary/aromatic N) is 1. The lowest BCUT2D eigenvalue weighted by Crippen LogP contribution is -2.35. The van der Waals surface area contributed by atoms with Gasteiger partial charge >= 0.3 is 0 Å². The van der Waals surface area contributed by atoms with E-state index < -0.39 is 0 Å². The first-order valence-corrected chi connectivity index (χ1v) is 5.10. The molecule has 0 aromatic carbocycles. The SMILES string of the molecule is C=C1C[C@@H](C=O)N(C(=O)CC)C1.CC. The van der Waals surface area contributed by atoms with Gasteiger partial charge in [-0.05, 0) is 6.42 Å². The van der Waals surface area contributed by atoms with Gasteiger partial charge in [-0.2, -0.15) is 0 Å². The van der Waals surface area contributed by atoms with Gasteiger partial charge in [-0.25, -0.2) is 0 Å². The van der Waals surface area contributed by atoms with Gasteiger partial charge in [0.1, 0.15) is 6.29 Å². The number of rotatable bonds is 2. The van der Waals surface area contributed by atoms with Crippen molar-refractivity contribution in [3.63, 3.8) is 0 Å². The lowest BCUT2D eigenvalue weighted by Gasteiger charge is -2.18. The molecule has 0 aromatic heterocycles. The highest BCUT2D eigenvalue weighted by Crippen LogP contribution is 2.20. The first-order chi connectivity index (χ1) is 6.69. The minimum absolute atomic E-state index is 0.0331. The fourth-order valence-corrected chi connectivity index (χ4v) is 1.43. The Kier molecular flexibility index (Phi) is 5.84. The van der Waals surface area contributed by atoms with E-state index >= 15 is 0 Å². The van der Waals surface area contributed by atoms with Gasteiger partial charge in [0.15, 0.2) is 0 Å². The molecule has 0 bridgehead atoms. The molecule has 1 fully saturated rings. The summed E-state index contributed by atoms with van der Waals surface area (Å²) in [5.74, 6) is 0.0331. The Morgan fingerprint density at radius 3 is 2.64 bits per heavy atom. The summed E-state index contributed by atoms with van der Waals surface area (Å²) in [7, 11) is 0. The van der Waals surface area contributed by atoms with E-state index in [0.29, 0.717) is 19.4 Å². The second kappa shape index (κ2) is 6.35. The standard InChI is InChI=1S/C9H13NO2.C2H6/c1-3-9(12)10-5-7(2)4-8(10)6-11;1-2/h6,8H,2-5H2,1H3;1-2H3/t8-;/m0./s1. The van der Waals surface area contributed by atoms with E-state index in [1.807, 2.05) is 13.8 Å².